The molecular weight excluding hydrogens is 200 g/mol. The lowest BCUT2D eigenvalue weighted by molar-refractivity contribution is -0.142. The van der Waals surface area contributed by atoms with E-state index in [0.717, 1.165) is 6.42 Å². The van der Waals surface area contributed by atoms with Gasteiger partial charge in [-0.15, -0.1) is 0 Å². The Balaban J connectivity index is 2.19. The van der Waals surface area contributed by atoms with Gasteiger partial charge in [-0.2, -0.15) is 0 Å². The number of esters is 1. The van der Waals surface area contributed by atoms with Crippen molar-refractivity contribution >= 4 is 12.1 Å². The van der Waals surface area contributed by atoms with Crippen LogP contribution in [0, 0.1) is 0 Å². The fourth-order valence-corrected chi connectivity index (χ4v) is 1.54. The van der Waals surface area contributed by atoms with Gasteiger partial charge in [-0.25, -0.2) is 4.79 Å². The minimum atomic E-state index is -0.907. The van der Waals surface area contributed by atoms with Crippen molar-refractivity contribution < 1.29 is 19.4 Å². The Bertz CT molecular complexity index is 244. The first kappa shape index (κ1) is 11.8. The maximum atomic E-state index is 11.0. The molecule has 86 valence electrons. The van der Waals surface area contributed by atoms with E-state index in [0.29, 0.717) is 19.7 Å². The van der Waals surface area contributed by atoms with Crippen LogP contribution in [0.1, 0.15) is 13.3 Å². The summed E-state index contributed by atoms with van der Waals surface area (Å²) < 4.78 is 4.74. The van der Waals surface area contributed by atoms with Gasteiger partial charge < -0.3 is 20.1 Å². The fraction of sp³-hybridized carbons (Fsp3) is 0.778. The second-order valence-electron chi connectivity index (χ2n) is 3.40. The number of carboxylic acid groups (broad SMARTS) is 1. The molecule has 0 bridgehead atoms. The number of likely N-dealkylation sites (tertiary alicyclic amines) is 1. The Morgan fingerprint density at radius 1 is 1.60 bits per heavy atom. The Morgan fingerprint density at radius 2 is 2.33 bits per heavy atom. The second kappa shape index (κ2) is 5.55. The molecule has 1 heterocycles. The number of hydrogen-bond acceptors (Lipinski definition) is 4. The van der Waals surface area contributed by atoms with Gasteiger partial charge in [-0.3, -0.25) is 4.79 Å². The molecule has 0 aromatic carbocycles. The van der Waals surface area contributed by atoms with E-state index in [1.165, 1.54) is 4.90 Å². The number of amides is 1. The smallest absolute Gasteiger partial charge is 0.407 e. The molecule has 6 heteroatoms. The third kappa shape index (κ3) is 3.75. The van der Waals surface area contributed by atoms with Gasteiger partial charge in [0.2, 0.25) is 0 Å². The molecule has 1 rings (SSSR count). The molecule has 1 amide bonds. The average Bonchev–Trinajstić information content (AvgIpc) is 2.63. The van der Waals surface area contributed by atoms with E-state index >= 15 is 0 Å². The zero-order valence-corrected chi connectivity index (χ0v) is 8.73. The summed E-state index contributed by atoms with van der Waals surface area (Å²) in [6, 6.07) is 0.0607. The maximum absolute atomic E-state index is 11.0. The molecule has 0 aliphatic carbocycles. The first-order valence-electron chi connectivity index (χ1n) is 5.00. The Morgan fingerprint density at radius 3 is 2.87 bits per heavy atom. The molecule has 2 N–H and O–H groups in total. The van der Waals surface area contributed by atoms with Crippen LogP contribution in [0.25, 0.3) is 0 Å². The molecule has 1 fully saturated rings. The Kier molecular flexibility index (Phi) is 4.36. The van der Waals surface area contributed by atoms with Crippen LogP contribution < -0.4 is 5.32 Å². The topological polar surface area (TPSA) is 78.9 Å². The maximum Gasteiger partial charge on any atom is 0.407 e. The van der Waals surface area contributed by atoms with Crippen LogP contribution in [-0.2, 0) is 9.53 Å². The van der Waals surface area contributed by atoms with Crippen LogP contribution in [0.15, 0.2) is 0 Å². The molecule has 1 atom stereocenters. The van der Waals surface area contributed by atoms with E-state index in [2.05, 4.69) is 5.32 Å². The predicted octanol–water partition coefficient (Wildman–Crippen LogP) is -0.109. The molecular formula is C9H16N2O4. The number of nitrogens with zero attached hydrogens (tertiary/aromatic N) is 1. The summed E-state index contributed by atoms with van der Waals surface area (Å²) in [5.41, 5.74) is 0. The summed E-state index contributed by atoms with van der Waals surface area (Å²) in [4.78, 5) is 22.9. The quantitative estimate of drug-likeness (QED) is 0.641. The molecule has 0 aromatic heterocycles. The minimum Gasteiger partial charge on any atom is -0.465 e. The van der Waals surface area contributed by atoms with Crippen LogP contribution >= 0.6 is 0 Å². The van der Waals surface area contributed by atoms with Gasteiger partial charge in [-0.1, -0.05) is 0 Å². The van der Waals surface area contributed by atoms with E-state index < -0.39 is 6.09 Å². The molecule has 1 aliphatic rings. The van der Waals surface area contributed by atoms with E-state index in [4.69, 9.17) is 9.84 Å². The number of carbonyl (C=O) groups is 2. The van der Waals surface area contributed by atoms with Gasteiger partial charge in [0.1, 0.15) is 0 Å². The lowest BCUT2D eigenvalue weighted by Gasteiger charge is -2.13. The minimum absolute atomic E-state index is 0.0607. The molecule has 0 radical (unpaired) electrons. The molecule has 1 saturated heterocycles. The van der Waals surface area contributed by atoms with E-state index in [1.54, 1.807) is 6.92 Å². The summed E-state index contributed by atoms with van der Waals surface area (Å²) >= 11 is 0. The predicted molar refractivity (Wildman–Crippen MR) is 52.6 cm³/mol. The van der Waals surface area contributed by atoms with E-state index in [1.807, 2.05) is 0 Å². The van der Waals surface area contributed by atoms with Gasteiger partial charge in [-0.05, 0) is 13.3 Å². The number of hydrogen-bond donors (Lipinski definition) is 2. The van der Waals surface area contributed by atoms with Crippen LogP contribution in [0.5, 0.6) is 0 Å². The molecule has 0 aromatic rings. The highest BCUT2D eigenvalue weighted by Gasteiger charge is 2.25. The summed E-state index contributed by atoms with van der Waals surface area (Å²) in [7, 11) is 0. The SMILES string of the molecule is CCOC(=O)CN[C@H]1CCN(C(=O)O)C1. The first-order chi connectivity index (χ1) is 7.13. The number of carbonyl (C=O) groups excluding carboxylic acids is 1. The third-order valence-electron chi connectivity index (χ3n) is 2.30. The monoisotopic (exact) mass is 216 g/mol. The van der Waals surface area contributed by atoms with E-state index in [9.17, 15) is 9.59 Å². The van der Waals surface area contributed by atoms with Crippen molar-refractivity contribution in [1.82, 2.24) is 10.2 Å². The fourth-order valence-electron chi connectivity index (χ4n) is 1.54. The van der Waals surface area contributed by atoms with Gasteiger partial charge in [0, 0.05) is 19.1 Å². The standard InChI is InChI=1S/C9H16N2O4/c1-2-15-8(12)5-10-7-3-4-11(6-7)9(13)14/h7,10H,2-6H2,1H3,(H,13,14)/t7-/m0/s1. The molecule has 0 saturated carbocycles. The highest BCUT2D eigenvalue weighted by atomic mass is 16.5. The average molecular weight is 216 g/mol. The zero-order chi connectivity index (χ0) is 11.3. The van der Waals surface area contributed by atoms with Crippen LogP contribution in [0.4, 0.5) is 4.79 Å². The normalized spacial score (nSPS) is 20.3. The zero-order valence-electron chi connectivity index (χ0n) is 8.73. The second-order valence-corrected chi connectivity index (χ2v) is 3.40. The van der Waals surface area contributed by atoms with Crippen molar-refractivity contribution in [2.75, 3.05) is 26.2 Å². The van der Waals surface area contributed by atoms with E-state index in [-0.39, 0.29) is 18.6 Å². The van der Waals surface area contributed by atoms with Crippen molar-refractivity contribution in [2.24, 2.45) is 0 Å². The van der Waals surface area contributed by atoms with Crippen molar-refractivity contribution in [3.05, 3.63) is 0 Å². The van der Waals surface area contributed by atoms with Gasteiger partial charge >= 0.3 is 12.1 Å². The summed E-state index contributed by atoms with van der Waals surface area (Å²) in [6.07, 6.45) is -0.165. The molecule has 15 heavy (non-hydrogen) atoms. The lowest BCUT2D eigenvalue weighted by atomic mass is 10.2. The Labute approximate surface area is 88.2 Å². The lowest BCUT2D eigenvalue weighted by Crippen LogP contribution is -2.37. The highest BCUT2D eigenvalue weighted by molar-refractivity contribution is 5.71. The summed E-state index contributed by atoms with van der Waals surface area (Å²) in [6.45, 7) is 3.22. The van der Waals surface area contributed by atoms with Crippen LogP contribution in [0.3, 0.4) is 0 Å². The Hall–Kier alpha value is -1.30. The third-order valence-corrected chi connectivity index (χ3v) is 2.30. The number of rotatable bonds is 4. The van der Waals surface area contributed by atoms with Gasteiger partial charge in [0.05, 0.1) is 13.2 Å². The molecule has 0 unspecified atom stereocenters. The van der Waals surface area contributed by atoms with Crippen LogP contribution in [-0.4, -0.2) is 54.4 Å². The number of nitrogens with one attached hydrogen (secondary N) is 1. The van der Waals surface area contributed by atoms with Crippen LogP contribution in [0.2, 0.25) is 0 Å². The largest absolute Gasteiger partial charge is 0.465 e. The first-order valence-corrected chi connectivity index (χ1v) is 5.00. The van der Waals surface area contributed by atoms with Gasteiger partial charge in [0.15, 0.2) is 0 Å². The summed E-state index contributed by atoms with van der Waals surface area (Å²) in [5.74, 6) is -0.300. The molecule has 0 spiro atoms. The van der Waals surface area contributed by atoms with Crippen molar-refractivity contribution in [3.8, 4) is 0 Å². The molecule has 1 aliphatic heterocycles. The van der Waals surface area contributed by atoms with Crippen molar-refractivity contribution in [1.29, 1.82) is 0 Å². The molecule has 6 nitrogen and oxygen atoms in total. The highest BCUT2D eigenvalue weighted by Crippen LogP contribution is 2.08. The summed E-state index contributed by atoms with van der Waals surface area (Å²) in [5, 5.41) is 11.7. The van der Waals surface area contributed by atoms with Crippen molar-refractivity contribution in [2.45, 2.75) is 19.4 Å². The van der Waals surface area contributed by atoms with Crippen molar-refractivity contribution in [3.63, 3.8) is 0 Å². The number of ether oxygens (including phenoxy) is 1. The van der Waals surface area contributed by atoms with Gasteiger partial charge in [0.25, 0.3) is 0 Å².